The van der Waals surface area contributed by atoms with E-state index < -0.39 is 23.7 Å². The molecule has 0 radical (unpaired) electrons. The second kappa shape index (κ2) is 4.81. The Hall–Kier alpha value is -1.82. The zero-order valence-electron chi connectivity index (χ0n) is 9.37. The van der Waals surface area contributed by atoms with E-state index in [0.717, 1.165) is 10.5 Å². The maximum atomic E-state index is 11.9. The van der Waals surface area contributed by atoms with Gasteiger partial charge in [0.05, 0.1) is 5.75 Å². The summed E-state index contributed by atoms with van der Waals surface area (Å²) in [7, 11) is 0. The molecule has 1 aromatic rings. The van der Waals surface area contributed by atoms with E-state index >= 15 is 0 Å². The highest BCUT2D eigenvalue weighted by Crippen LogP contribution is 2.32. The Labute approximate surface area is 109 Å². The number of ketones is 1. The van der Waals surface area contributed by atoms with Crippen LogP contribution in [0.1, 0.15) is 5.56 Å². The first kappa shape index (κ1) is 12.6. The average molecular weight is 265 g/mol. The van der Waals surface area contributed by atoms with Gasteiger partial charge in [-0.25, -0.2) is 4.79 Å². The molecule has 0 aromatic heterocycles. The van der Waals surface area contributed by atoms with Crippen molar-refractivity contribution in [3.05, 3.63) is 29.8 Å². The lowest BCUT2D eigenvalue weighted by molar-refractivity contribution is -0.141. The summed E-state index contributed by atoms with van der Waals surface area (Å²) in [6.45, 7) is 0. The predicted octanol–water partition coefficient (Wildman–Crippen LogP) is 0.528. The number of amides is 1. The third-order valence-electron chi connectivity index (χ3n) is 2.86. The highest BCUT2D eigenvalue weighted by Gasteiger charge is 2.39. The summed E-state index contributed by atoms with van der Waals surface area (Å²) in [6.07, 6.45) is 0.219. The monoisotopic (exact) mass is 265 g/mol. The van der Waals surface area contributed by atoms with Gasteiger partial charge in [0.25, 0.3) is 5.91 Å². The molecule has 1 atom stereocenters. The number of rotatable bonds is 3. The summed E-state index contributed by atoms with van der Waals surface area (Å²) in [5.41, 5.74) is 1.25. The molecule has 18 heavy (non-hydrogen) atoms. The Balaban J connectivity index is 2.43. The van der Waals surface area contributed by atoms with Crippen LogP contribution in [0.2, 0.25) is 0 Å². The van der Waals surface area contributed by atoms with Crippen LogP contribution in [-0.2, 0) is 20.8 Å². The smallest absolute Gasteiger partial charge is 0.327 e. The quantitative estimate of drug-likeness (QED) is 0.617. The molecular weight excluding hydrogens is 254 g/mol. The molecule has 1 aliphatic rings. The fourth-order valence-electron chi connectivity index (χ4n) is 2.04. The van der Waals surface area contributed by atoms with Crippen molar-refractivity contribution in [1.29, 1.82) is 0 Å². The van der Waals surface area contributed by atoms with Crippen LogP contribution < -0.4 is 4.90 Å². The first-order valence-electron chi connectivity index (χ1n) is 5.34. The summed E-state index contributed by atoms with van der Waals surface area (Å²) < 4.78 is 0. The van der Waals surface area contributed by atoms with Gasteiger partial charge in [0.2, 0.25) is 5.78 Å². The van der Waals surface area contributed by atoms with Gasteiger partial charge in [0, 0.05) is 12.1 Å². The van der Waals surface area contributed by atoms with Gasteiger partial charge in [-0.05, 0) is 11.6 Å². The number of para-hydroxylation sites is 1. The molecule has 0 bridgehead atoms. The molecule has 1 aromatic carbocycles. The van der Waals surface area contributed by atoms with Crippen molar-refractivity contribution < 1.29 is 19.5 Å². The molecule has 0 saturated heterocycles. The third-order valence-corrected chi connectivity index (χ3v) is 3.15. The first-order valence-corrected chi connectivity index (χ1v) is 5.97. The summed E-state index contributed by atoms with van der Waals surface area (Å²) in [5, 5.41) is 9.13. The molecule has 1 amide bonds. The van der Waals surface area contributed by atoms with E-state index in [1.165, 1.54) is 0 Å². The molecule has 0 aliphatic carbocycles. The van der Waals surface area contributed by atoms with Crippen LogP contribution in [0.4, 0.5) is 5.69 Å². The summed E-state index contributed by atoms with van der Waals surface area (Å²) in [4.78, 5) is 35.6. The molecule has 1 unspecified atom stereocenters. The molecule has 1 aliphatic heterocycles. The van der Waals surface area contributed by atoms with Crippen LogP contribution in [0.3, 0.4) is 0 Å². The van der Waals surface area contributed by atoms with Crippen LogP contribution in [-0.4, -0.2) is 34.6 Å². The first-order chi connectivity index (χ1) is 8.56. The van der Waals surface area contributed by atoms with E-state index in [0.29, 0.717) is 5.69 Å². The van der Waals surface area contributed by atoms with Gasteiger partial charge >= 0.3 is 5.97 Å². The van der Waals surface area contributed by atoms with Crippen LogP contribution in [0.15, 0.2) is 24.3 Å². The number of nitrogens with zero attached hydrogens (tertiary/aromatic N) is 1. The molecule has 2 rings (SSSR count). The zero-order chi connectivity index (χ0) is 13.3. The van der Waals surface area contributed by atoms with Gasteiger partial charge in [-0.15, -0.1) is 0 Å². The molecule has 0 fully saturated rings. The molecule has 6 heteroatoms. The van der Waals surface area contributed by atoms with Crippen molar-refractivity contribution >= 4 is 36.0 Å². The van der Waals surface area contributed by atoms with Gasteiger partial charge in [-0.2, -0.15) is 12.6 Å². The Morgan fingerprint density at radius 1 is 1.33 bits per heavy atom. The highest BCUT2D eigenvalue weighted by molar-refractivity contribution is 7.81. The van der Waals surface area contributed by atoms with E-state index in [4.69, 9.17) is 5.11 Å². The Bertz CT molecular complexity index is 529. The third kappa shape index (κ3) is 1.99. The minimum atomic E-state index is -1.12. The molecule has 0 spiro atoms. The number of carbonyl (C=O) groups excluding carboxylic acids is 2. The number of hydrogen-bond donors (Lipinski definition) is 2. The average Bonchev–Trinajstić information content (AvgIpc) is 2.76. The van der Waals surface area contributed by atoms with Crippen molar-refractivity contribution in [2.75, 3.05) is 10.7 Å². The lowest BCUT2D eigenvalue weighted by atomic mass is 10.1. The van der Waals surface area contributed by atoms with Crippen molar-refractivity contribution in [1.82, 2.24) is 0 Å². The maximum Gasteiger partial charge on any atom is 0.327 e. The predicted molar refractivity (Wildman–Crippen MR) is 67.9 cm³/mol. The van der Waals surface area contributed by atoms with Crippen molar-refractivity contribution in [3.8, 4) is 0 Å². The Morgan fingerprint density at radius 2 is 2.00 bits per heavy atom. The normalized spacial score (nSPS) is 17.4. The Morgan fingerprint density at radius 3 is 2.61 bits per heavy atom. The van der Waals surface area contributed by atoms with E-state index in [1.807, 2.05) is 0 Å². The van der Waals surface area contributed by atoms with E-state index in [-0.39, 0.29) is 12.2 Å². The Kier molecular flexibility index (Phi) is 3.38. The molecule has 5 nitrogen and oxygen atoms in total. The maximum absolute atomic E-state index is 11.9. The SMILES string of the molecule is O=C(CS)C(=O)N1c2ccccc2CC1C(=O)O. The van der Waals surface area contributed by atoms with Crippen molar-refractivity contribution in [2.24, 2.45) is 0 Å². The van der Waals surface area contributed by atoms with Gasteiger partial charge < -0.3 is 5.11 Å². The number of hydrogen-bond acceptors (Lipinski definition) is 4. The van der Waals surface area contributed by atoms with Crippen LogP contribution in [0.25, 0.3) is 0 Å². The lowest BCUT2D eigenvalue weighted by Crippen LogP contribution is -2.46. The van der Waals surface area contributed by atoms with Gasteiger partial charge in [-0.3, -0.25) is 14.5 Å². The largest absolute Gasteiger partial charge is 0.480 e. The van der Waals surface area contributed by atoms with E-state index in [2.05, 4.69) is 12.6 Å². The number of carbonyl (C=O) groups is 3. The topological polar surface area (TPSA) is 74.7 Å². The van der Waals surface area contributed by atoms with Gasteiger partial charge in [0.1, 0.15) is 6.04 Å². The molecular formula is C12H11NO4S. The molecule has 0 saturated carbocycles. The van der Waals surface area contributed by atoms with Crippen molar-refractivity contribution in [2.45, 2.75) is 12.5 Å². The number of benzene rings is 1. The fourth-order valence-corrected chi connectivity index (χ4v) is 2.17. The number of carboxylic acid groups (broad SMARTS) is 1. The number of Topliss-reactive ketones (excluding diaryl/α,β-unsaturated/α-hetero) is 1. The molecule has 1 N–H and O–H groups in total. The summed E-state index contributed by atoms with van der Waals surface area (Å²) >= 11 is 3.75. The minimum absolute atomic E-state index is 0.219. The number of thiol groups is 1. The zero-order valence-corrected chi connectivity index (χ0v) is 10.3. The fraction of sp³-hybridized carbons (Fsp3) is 0.250. The number of anilines is 1. The number of carboxylic acids is 1. The highest BCUT2D eigenvalue weighted by atomic mass is 32.1. The van der Waals surface area contributed by atoms with E-state index in [1.54, 1.807) is 24.3 Å². The van der Waals surface area contributed by atoms with Gasteiger partial charge in [-0.1, -0.05) is 18.2 Å². The van der Waals surface area contributed by atoms with Crippen LogP contribution in [0, 0.1) is 0 Å². The van der Waals surface area contributed by atoms with Crippen LogP contribution in [0.5, 0.6) is 0 Å². The lowest BCUT2D eigenvalue weighted by Gasteiger charge is -2.21. The number of fused-ring (bicyclic) bond motifs is 1. The second-order valence-corrected chi connectivity index (χ2v) is 4.26. The summed E-state index contributed by atoms with van der Waals surface area (Å²) in [5.74, 6) is -2.88. The molecule has 1 heterocycles. The number of aliphatic carboxylic acids is 1. The summed E-state index contributed by atoms with van der Waals surface area (Å²) in [6, 6.07) is 5.85. The minimum Gasteiger partial charge on any atom is -0.480 e. The standard InChI is InChI=1S/C12H11NO4S/c14-10(6-18)11(15)13-8-4-2-1-3-7(8)5-9(13)12(16)17/h1-4,9,18H,5-6H2,(H,16,17). The van der Waals surface area contributed by atoms with E-state index in [9.17, 15) is 14.4 Å². The van der Waals surface area contributed by atoms with Gasteiger partial charge in [0.15, 0.2) is 0 Å². The molecule has 94 valence electrons. The second-order valence-electron chi connectivity index (χ2n) is 3.94. The van der Waals surface area contributed by atoms with Crippen LogP contribution >= 0.6 is 12.6 Å². The van der Waals surface area contributed by atoms with Crippen molar-refractivity contribution in [3.63, 3.8) is 0 Å².